The number of ether oxygens (including phenoxy) is 1. The Morgan fingerprint density at radius 1 is 1.18 bits per heavy atom. The highest BCUT2D eigenvalue weighted by Crippen LogP contribution is 2.00. The number of carbonyl (C=O) groups is 2. The Hall–Kier alpha value is -0.910. The molecule has 0 aliphatic heterocycles. The minimum absolute atomic E-state index is 0.0772. The molecular weight excluding hydrogens is 240 g/mol. The molecule has 0 bridgehead atoms. The van der Waals surface area contributed by atoms with Crippen molar-refractivity contribution in [3.05, 3.63) is 0 Å². The zero-order valence-electron chi connectivity index (χ0n) is 10.6. The second kappa shape index (κ2) is 11.6. The molecule has 0 radical (unpaired) electrons. The molecule has 0 fully saturated rings. The van der Waals surface area contributed by atoms with E-state index in [9.17, 15) is 9.59 Å². The summed E-state index contributed by atoms with van der Waals surface area (Å²) in [7, 11) is 0. The Kier molecular flexibility index (Phi) is 11.0. The summed E-state index contributed by atoms with van der Waals surface area (Å²) in [5.74, 6) is 0.748. The molecule has 17 heavy (non-hydrogen) atoms. The molecule has 0 spiro atoms. The van der Waals surface area contributed by atoms with Crippen molar-refractivity contribution in [2.24, 2.45) is 0 Å². The van der Waals surface area contributed by atoms with Crippen molar-refractivity contribution in [1.29, 1.82) is 0 Å². The molecule has 2 N–H and O–H groups in total. The summed E-state index contributed by atoms with van der Waals surface area (Å²) in [6.45, 7) is 2.62. The smallest absolute Gasteiger partial charge is 0.325 e. The highest BCUT2D eigenvalue weighted by Gasteiger charge is 2.04. The molecule has 0 aliphatic rings. The molecule has 2 amide bonds. The topological polar surface area (TPSA) is 67.4 Å². The Morgan fingerprint density at radius 2 is 1.94 bits per heavy atom. The first kappa shape index (κ1) is 16.1. The highest BCUT2D eigenvalue weighted by molar-refractivity contribution is 7.98. The first-order valence-electron chi connectivity index (χ1n) is 5.87. The van der Waals surface area contributed by atoms with Crippen molar-refractivity contribution in [2.45, 2.75) is 26.2 Å². The number of amides is 2. The van der Waals surface area contributed by atoms with Crippen LogP contribution < -0.4 is 10.6 Å². The number of esters is 1. The molecular formula is C11H22N2O3S. The van der Waals surface area contributed by atoms with Crippen LogP contribution in [0.1, 0.15) is 26.2 Å². The summed E-state index contributed by atoms with van der Waals surface area (Å²) in [5, 5.41) is 5.13. The third kappa shape index (κ3) is 11.4. The quantitative estimate of drug-likeness (QED) is 0.486. The molecule has 5 nitrogen and oxygen atoms in total. The van der Waals surface area contributed by atoms with Gasteiger partial charge in [-0.2, -0.15) is 11.8 Å². The van der Waals surface area contributed by atoms with Gasteiger partial charge in [0, 0.05) is 6.54 Å². The van der Waals surface area contributed by atoms with Crippen molar-refractivity contribution in [3.8, 4) is 0 Å². The molecule has 100 valence electrons. The molecule has 6 heteroatoms. The lowest BCUT2D eigenvalue weighted by atomic mass is 10.2. The minimum Gasteiger partial charge on any atom is -0.465 e. The van der Waals surface area contributed by atoms with E-state index in [1.807, 2.05) is 11.8 Å². The first-order valence-corrected chi connectivity index (χ1v) is 7.26. The van der Waals surface area contributed by atoms with E-state index in [0.29, 0.717) is 13.2 Å². The maximum atomic E-state index is 11.2. The second-order valence-electron chi connectivity index (χ2n) is 3.47. The molecule has 0 aromatic rings. The lowest BCUT2D eigenvalue weighted by Gasteiger charge is -2.07. The van der Waals surface area contributed by atoms with E-state index < -0.39 is 5.97 Å². The summed E-state index contributed by atoms with van der Waals surface area (Å²) in [4.78, 5) is 22.1. The van der Waals surface area contributed by atoms with Crippen LogP contribution in [-0.4, -0.2) is 43.7 Å². The number of hydrogen-bond donors (Lipinski definition) is 2. The van der Waals surface area contributed by atoms with E-state index in [0.717, 1.165) is 18.6 Å². The number of urea groups is 1. The normalized spacial score (nSPS) is 9.76. The zero-order valence-corrected chi connectivity index (χ0v) is 11.4. The Bertz CT molecular complexity index is 225. The maximum absolute atomic E-state index is 11.2. The monoisotopic (exact) mass is 262 g/mol. The van der Waals surface area contributed by atoms with Gasteiger partial charge in [-0.25, -0.2) is 4.79 Å². The highest BCUT2D eigenvalue weighted by atomic mass is 32.2. The predicted molar refractivity (Wildman–Crippen MR) is 70.3 cm³/mol. The number of rotatable bonds is 9. The van der Waals surface area contributed by atoms with E-state index in [-0.39, 0.29) is 12.6 Å². The van der Waals surface area contributed by atoms with Gasteiger partial charge >= 0.3 is 12.0 Å². The van der Waals surface area contributed by atoms with Gasteiger partial charge in [-0.15, -0.1) is 0 Å². The zero-order chi connectivity index (χ0) is 12.9. The van der Waals surface area contributed by atoms with Crippen molar-refractivity contribution in [1.82, 2.24) is 10.6 Å². The molecule has 0 saturated heterocycles. The first-order chi connectivity index (χ1) is 8.20. The van der Waals surface area contributed by atoms with Gasteiger partial charge in [0.15, 0.2) is 0 Å². The van der Waals surface area contributed by atoms with E-state index in [2.05, 4.69) is 21.6 Å². The molecule has 0 aliphatic carbocycles. The predicted octanol–water partition coefficient (Wildman–Crippen LogP) is 1.38. The minimum atomic E-state index is -0.414. The molecule has 0 aromatic carbocycles. The van der Waals surface area contributed by atoms with Gasteiger partial charge in [-0.1, -0.05) is 6.42 Å². The van der Waals surface area contributed by atoms with Crippen LogP contribution in [0.2, 0.25) is 0 Å². The number of nitrogens with one attached hydrogen (secondary N) is 2. The summed E-state index contributed by atoms with van der Waals surface area (Å²) >= 11 is 1.83. The van der Waals surface area contributed by atoms with Crippen LogP contribution in [0.3, 0.4) is 0 Å². The van der Waals surface area contributed by atoms with Crippen LogP contribution >= 0.6 is 11.8 Å². The van der Waals surface area contributed by atoms with Gasteiger partial charge in [-0.05, 0) is 31.8 Å². The fraction of sp³-hybridized carbons (Fsp3) is 0.818. The summed E-state index contributed by atoms with van der Waals surface area (Å²) in [6, 6.07) is -0.317. The van der Waals surface area contributed by atoms with Gasteiger partial charge in [0.1, 0.15) is 6.54 Å². The molecule has 0 rings (SSSR count). The van der Waals surface area contributed by atoms with Crippen molar-refractivity contribution in [3.63, 3.8) is 0 Å². The molecule has 0 heterocycles. The van der Waals surface area contributed by atoms with E-state index in [1.54, 1.807) is 6.92 Å². The third-order valence-electron chi connectivity index (χ3n) is 2.01. The van der Waals surface area contributed by atoms with Gasteiger partial charge in [0.2, 0.25) is 0 Å². The van der Waals surface area contributed by atoms with Gasteiger partial charge in [0.05, 0.1) is 6.61 Å². The van der Waals surface area contributed by atoms with Crippen molar-refractivity contribution >= 4 is 23.8 Å². The van der Waals surface area contributed by atoms with Crippen LogP contribution in [0.25, 0.3) is 0 Å². The fourth-order valence-corrected chi connectivity index (χ4v) is 1.67. The largest absolute Gasteiger partial charge is 0.465 e. The van der Waals surface area contributed by atoms with Crippen LogP contribution in [0.4, 0.5) is 4.79 Å². The summed E-state index contributed by atoms with van der Waals surface area (Å²) in [5.41, 5.74) is 0. The SMILES string of the molecule is CCOC(=O)CNC(=O)NCCCCCSC. The second-order valence-corrected chi connectivity index (χ2v) is 4.45. The molecule has 0 saturated carbocycles. The average Bonchev–Trinajstić information content (AvgIpc) is 2.31. The van der Waals surface area contributed by atoms with Gasteiger partial charge in [0.25, 0.3) is 0 Å². The van der Waals surface area contributed by atoms with Crippen molar-refractivity contribution < 1.29 is 14.3 Å². The molecule has 0 atom stereocenters. The maximum Gasteiger partial charge on any atom is 0.325 e. The Labute approximate surface area is 107 Å². The molecule has 0 aromatic heterocycles. The lowest BCUT2D eigenvalue weighted by Crippen LogP contribution is -2.39. The van der Waals surface area contributed by atoms with Gasteiger partial charge < -0.3 is 15.4 Å². The third-order valence-corrected chi connectivity index (χ3v) is 2.71. The van der Waals surface area contributed by atoms with Gasteiger partial charge in [-0.3, -0.25) is 4.79 Å². The van der Waals surface area contributed by atoms with Crippen LogP contribution in [0, 0.1) is 0 Å². The van der Waals surface area contributed by atoms with E-state index in [1.165, 1.54) is 6.42 Å². The summed E-state index contributed by atoms with van der Waals surface area (Å²) < 4.78 is 4.68. The van der Waals surface area contributed by atoms with Crippen LogP contribution in [0.5, 0.6) is 0 Å². The average molecular weight is 262 g/mol. The Morgan fingerprint density at radius 3 is 2.59 bits per heavy atom. The Balaban J connectivity index is 3.31. The van der Waals surface area contributed by atoms with Crippen LogP contribution in [-0.2, 0) is 9.53 Å². The fourth-order valence-electron chi connectivity index (χ4n) is 1.18. The van der Waals surface area contributed by atoms with E-state index in [4.69, 9.17) is 0 Å². The number of hydrogen-bond acceptors (Lipinski definition) is 4. The number of thioether (sulfide) groups is 1. The summed E-state index contributed by atoms with van der Waals surface area (Å²) in [6.07, 6.45) is 5.33. The van der Waals surface area contributed by atoms with Crippen LogP contribution in [0.15, 0.2) is 0 Å². The standard InChI is InChI=1S/C11H22N2O3S/c1-3-16-10(14)9-13-11(15)12-7-5-4-6-8-17-2/h3-9H2,1-2H3,(H2,12,13,15). The number of unbranched alkanes of at least 4 members (excludes halogenated alkanes) is 2. The van der Waals surface area contributed by atoms with Crippen molar-refractivity contribution in [2.75, 3.05) is 31.7 Å². The van der Waals surface area contributed by atoms with E-state index >= 15 is 0 Å². The lowest BCUT2D eigenvalue weighted by molar-refractivity contribution is -0.141. The molecule has 0 unspecified atom stereocenters. The number of carbonyl (C=O) groups excluding carboxylic acids is 2.